The summed E-state index contributed by atoms with van der Waals surface area (Å²) >= 11 is 5.59. The third-order valence-electron chi connectivity index (χ3n) is 4.25. The molecule has 29 heavy (non-hydrogen) atoms. The van der Waals surface area contributed by atoms with Crippen molar-refractivity contribution in [1.29, 1.82) is 0 Å². The third kappa shape index (κ3) is 4.15. The molecule has 0 radical (unpaired) electrons. The summed E-state index contributed by atoms with van der Waals surface area (Å²) in [7, 11) is -2.95. The van der Waals surface area contributed by atoms with E-state index in [-0.39, 0.29) is 12.4 Å². The number of methoxy groups -OCH3 is 1. The summed E-state index contributed by atoms with van der Waals surface area (Å²) in [6.45, 7) is 1.64. The molecule has 2 aromatic carbocycles. The van der Waals surface area contributed by atoms with Crippen molar-refractivity contribution in [2.24, 2.45) is 0 Å². The van der Waals surface area contributed by atoms with E-state index in [1.807, 2.05) is 0 Å². The predicted octanol–water partition coefficient (Wildman–Crippen LogP) is 4.12. The van der Waals surface area contributed by atoms with Gasteiger partial charge in [-0.3, -0.25) is 0 Å². The monoisotopic (exact) mass is 439 g/mol. The number of nitrogens with zero attached hydrogens (tertiary/aromatic N) is 3. The minimum absolute atomic E-state index is 0.0232. The highest BCUT2D eigenvalue weighted by atomic mass is 35.5. The molecule has 0 N–H and O–H groups in total. The second-order valence-corrected chi connectivity index (χ2v) is 8.25. The largest absolute Gasteiger partial charge is 0.497 e. The number of hydrogen-bond acceptors (Lipinski definition) is 5. The van der Waals surface area contributed by atoms with E-state index in [9.17, 15) is 17.2 Å². The lowest BCUT2D eigenvalue weighted by Gasteiger charge is -2.24. The number of halogens is 3. The average Bonchev–Trinajstić information content (AvgIpc) is 2.71. The first kappa shape index (κ1) is 20.9. The van der Waals surface area contributed by atoms with E-state index in [1.165, 1.54) is 25.7 Å². The summed E-state index contributed by atoms with van der Waals surface area (Å²) in [5.74, 6) is -1.78. The number of ether oxygens (including phenoxy) is 1. The van der Waals surface area contributed by atoms with Gasteiger partial charge in [0.05, 0.1) is 13.7 Å². The van der Waals surface area contributed by atoms with E-state index in [2.05, 4.69) is 9.97 Å². The Morgan fingerprint density at radius 1 is 1.17 bits per heavy atom. The average molecular weight is 440 g/mol. The van der Waals surface area contributed by atoms with Gasteiger partial charge in [0.2, 0.25) is 0 Å². The molecular weight excluding hydrogens is 424 g/mol. The van der Waals surface area contributed by atoms with Gasteiger partial charge in [0.25, 0.3) is 10.0 Å². The number of rotatable bonds is 6. The Labute approximate surface area is 171 Å². The molecule has 0 saturated carbocycles. The summed E-state index contributed by atoms with van der Waals surface area (Å²) < 4.78 is 60.7. The molecule has 1 aromatic heterocycles. The molecule has 10 heteroatoms. The molecule has 6 nitrogen and oxygen atoms in total. The highest BCUT2D eigenvalue weighted by Crippen LogP contribution is 2.31. The maximum absolute atomic E-state index is 14.5. The van der Waals surface area contributed by atoms with Crippen molar-refractivity contribution in [1.82, 2.24) is 9.97 Å². The lowest BCUT2D eigenvalue weighted by molar-refractivity contribution is 0.414. The number of aromatic nitrogens is 2. The lowest BCUT2D eigenvalue weighted by Crippen LogP contribution is -2.32. The molecule has 0 atom stereocenters. The molecule has 3 aromatic rings. The molecule has 0 unspecified atom stereocenters. The molecule has 0 aliphatic carbocycles. The summed E-state index contributed by atoms with van der Waals surface area (Å²) in [6.07, 6.45) is 2.53. The van der Waals surface area contributed by atoms with Gasteiger partial charge in [0.1, 0.15) is 33.6 Å². The van der Waals surface area contributed by atoms with Gasteiger partial charge in [-0.15, -0.1) is 0 Å². The molecule has 152 valence electrons. The Morgan fingerprint density at radius 2 is 1.93 bits per heavy atom. The van der Waals surface area contributed by atoms with E-state index < -0.39 is 31.6 Å². The second kappa shape index (κ2) is 8.30. The van der Waals surface area contributed by atoms with Crippen LogP contribution in [0.5, 0.6) is 5.75 Å². The Bertz CT molecular complexity index is 1140. The summed E-state index contributed by atoms with van der Waals surface area (Å²) in [4.78, 5) is 7.00. The first-order chi connectivity index (χ1) is 13.8. The zero-order chi connectivity index (χ0) is 21.2. The van der Waals surface area contributed by atoms with E-state index in [0.29, 0.717) is 11.3 Å². The van der Waals surface area contributed by atoms with E-state index in [4.69, 9.17) is 16.3 Å². The second-order valence-electron chi connectivity index (χ2n) is 6.05. The van der Waals surface area contributed by atoms with Crippen LogP contribution in [0, 0.1) is 18.6 Å². The molecule has 1 heterocycles. The fourth-order valence-electron chi connectivity index (χ4n) is 2.67. The zero-order valence-corrected chi connectivity index (χ0v) is 17.0. The first-order valence-electron chi connectivity index (χ1n) is 8.31. The first-order valence-corrected chi connectivity index (χ1v) is 10.1. The van der Waals surface area contributed by atoms with Crippen molar-refractivity contribution in [3.8, 4) is 5.75 Å². The maximum Gasteiger partial charge on any atom is 0.268 e. The third-order valence-corrected chi connectivity index (χ3v) is 6.37. The molecule has 0 aliphatic rings. The van der Waals surface area contributed by atoms with Crippen molar-refractivity contribution in [3.05, 3.63) is 76.7 Å². The Morgan fingerprint density at radius 3 is 2.55 bits per heavy atom. The summed E-state index contributed by atoms with van der Waals surface area (Å²) in [6, 6.07) is 8.14. The van der Waals surface area contributed by atoms with Crippen molar-refractivity contribution < 1.29 is 21.9 Å². The van der Waals surface area contributed by atoms with E-state index in [0.717, 1.165) is 22.0 Å². The van der Waals surface area contributed by atoms with Crippen LogP contribution in [0.1, 0.15) is 11.1 Å². The number of benzene rings is 2. The number of sulfonamides is 1. The van der Waals surface area contributed by atoms with Gasteiger partial charge in [-0.1, -0.05) is 17.7 Å². The molecule has 0 amide bonds. The minimum Gasteiger partial charge on any atom is -0.497 e. The lowest BCUT2D eigenvalue weighted by atomic mass is 10.1. The van der Waals surface area contributed by atoms with Crippen LogP contribution in [0.25, 0.3) is 0 Å². The van der Waals surface area contributed by atoms with Gasteiger partial charge in [0, 0.05) is 12.3 Å². The van der Waals surface area contributed by atoms with Crippen LogP contribution in [-0.4, -0.2) is 25.5 Å². The molecular formula is C19H16ClF2N3O3S. The normalized spacial score (nSPS) is 11.3. The van der Waals surface area contributed by atoms with E-state index in [1.54, 1.807) is 25.1 Å². The van der Waals surface area contributed by atoms with Crippen LogP contribution in [0.3, 0.4) is 0 Å². The number of aryl methyl sites for hydroxylation is 1. The molecule has 0 saturated heterocycles. The van der Waals surface area contributed by atoms with Gasteiger partial charge in [0.15, 0.2) is 5.82 Å². The highest BCUT2D eigenvalue weighted by Gasteiger charge is 2.31. The van der Waals surface area contributed by atoms with Gasteiger partial charge in [-0.05, 0) is 42.3 Å². The van der Waals surface area contributed by atoms with Crippen LogP contribution in [0.15, 0.2) is 53.8 Å². The van der Waals surface area contributed by atoms with Crippen molar-refractivity contribution >= 4 is 27.4 Å². The van der Waals surface area contributed by atoms with Crippen LogP contribution in [0.2, 0.25) is 5.02 Å². The molecule has 0 aliphatic heterocycles. The molecule has 0 fully saturated rings. The Hall–Kier alpha value is -2.78. The van der Waals surface area contributed by atoms with Crippen molar-refractivity contribution in [3.63, 3.8) is 0 Å². The molecule has 0 bridgehead atoms. The number of hydrogen-bond donors (Lipinski definition) is 0. The van der Waals surface area contributed by atoms with Crippen LogP contribution >= 0.6 is 11.6 Å². The topological polar surface area (TPSA) is 72.4 Å². The Balaban J connectivity index is 2.13. The number of anilines is 1. The van der Waals surface area contributed by atoms with Gasteiger partial charge >= 0.3 is 0 Å². The van der Waals surface area contributed by atoms with Gasteiger partial charge < -0.3 is 4.74 Å². The Kier molecular flexibility index (Phi) is 5.99. The quantitative estimate of drug-likeness (QED) is 0.540. The van der Waals surface area contributed by atoms with Crippen LogP contribution in [-0.2, 0) is 16.6 Å². The summed E-state index contributed by atoms with van der Waals surface area (Å²) in [5, 5.41) is -0.894. The highest BCUT2D eigenvalue weighted by molar-refractivity contribution is 7.92. The smallest absolute Gasteiger partial charge is 0.268 e. The maximum atomic E-state index is 14.5. The fraction of sp³-hybridized carbons (Fsp3) is 0.158. The standard InChI is InChI=1S/C19H16ClF2N3O3S/c1-12-9-14(28-2)4-3-13(12)10-25(17-7-8-23-11-24-17)29(26,27)16-6-5-15(21)18(20)19(16)22/h3-9,11H,10H2,1-2H3. The van der Waals surface area contributed by atoms with Gasteiger partial charge in [-0.2, -0.15) is 0 Å². The summed E-state index contributed by atoms with van der Waals surface area (Å²) in [5.41, 5.74) is 1.40. The van der Waals surface area contributed by atoms with Gasteiger partial charge in [-0.25, -0.2) is 31.5 Å². The van der Waals surface area contributed by atoms with E-state index >= 15 is 0 Å². The predicted molar refractivity (Wildman–Crippen MR) is 104 cm³/mol. The van der Waals surface area contributed by atoms with Crippen LogP contribution in [0.4, 0.5) is 14.6 Å². The minimum atomic E-state index is -4.47. The molecule has 3 rings (SSSR count). The fourth-order valence-corrected chi connectivity index (χ4v) is 4.36. The zero-order valence-electron chi connectivity index (χ0n) is 15.4. The van der Waals surface area contributed by atoms with Crippen molar-refractivity contribution in [2.45, 2.75) is 18.4 Å². The van der Waals surface area contributed by atoms with Crippen LogP contribution < -0.4 is 9.04 Å². The SMILES string of the molecule is COc1ccc(CN(c2ccncn2)S(=O)(=O)c2ccc(F)c(Cl)c2F)c(C)c1. The molecule has 0 spiro atoms. The van der Waals surface area contributed by atoms with Crippen molar-refractivity contribution in [2.75, 3.05) is 11.4 Å².